The van der Waals surface area contributed by atoms with Gasteiger partial charge in [0.15, 0.2) is 6.61 Å². The number of nitro groups is 1. The lowest BCUT2D eigenvalue weighted by Gasteiger charge is -2.11. The maximum absolute atomic E-state index is 11.8. The number of benzene rings is 1. The Morgan fingerprint density at radius 2 is 1.96 bits per heavy atom. The molecule has 0 bridgehead atoms. The molecule has 0 saturated carbocycles. The molecule has 9 heteroatoms. The summed E-state index contributed by atoms with van der Waals surface area (Å²) in [7, 11) is 3.08. The van der Waals surface area contributed by atoms with Crippen molar-refractivity contribution in [3.63, 3.8) is 0 Å². The molecule has 0 heterocycles. The van der Waals surface area contributed by atoms with Gasteiger partial charge in [-0.1, -0.05) is 6.07 Å². The Balaban J connectivity index is 2.57. The van der Waals surface area contributed by atoms with Crippen LogP contribution in [0, 0.1) is 17.0 Å². The molecule has 0 unspecified atom stereocenters. The Hall–Kier alpha value is -2.97. The Kier molecular flexibility index (Phi) is 6.19. The van der Waals surface area contributed by atoms with Gasteiger partial charge in [0.1, 0.15) is 0 Å². The molecule has 0 saturated heterocycles. The molecule has 0 aromatic heterocycles. The van der Waals surface area contributed by atoms with Crippen LogP contribution in [0.1, 0.15) is 15.9 Å². The average molecular weight is 323 g/mol. The summed E-state index contributed by atoms with van der Waals surface area (Å²) in [6, 6.07) is 3.88. The number of hydrogen-bond donors (Lipinski definition) is 1. The van der Waals surface area contributed by atoms with Crippen LogP contribution >= 0.6 is 0 Å². The zero-order chi connectivity index (χ0) is 17.6. The molecule has 23 heavy (non-hydrogen) atoms. The fraction of sp³-hybridized carbons (Fsp3) is 0.357. The molecular weight excluding hydrogens is 306 g/mol. The van der Waals surface area contributed by atoms with E-state index in [1.807, 2.05) is 0 Å². The molecule has 0 spiro atoms. The molecule has 0 aliphatic rings. The van der Waals surface area contributed by atoms with Crippen molar-refractivity contribution < 1.29 is 24.0 Å². The van der Waals surface area contributed by atoms with Crippen LogP contribution in [0.4, 0.5) is 5.69 Å². The molecule has 0 aliphatic carbocycles. The summed E-state index contributed by atoms with van der Waals surface area (Å²) in [5.41, 5.74) is 0.173. The number of nitro benzene ring substituents is 1. The molecule has 0 aliphatic heterocycles. The van der Waals surface area contributed by atoms with Gasteiger partial charge in [0.25, 0.3) is 11.6 Å². The van der Waals surface area contributed by atoms with Crippen molar-refractivity contribution in [2.75, 3.05) is 27.2 Å². The Morgan fingerprint density at radius 1 is 1.30 bits per heavy atom. The minimum Gasteiger partial charge on any atom is -0.452 e. The van der Waals surface area contributed by atoms with E-state index in [2.05, 4.69) is 5.32 Å². The summed E-state index contributed by atoms with van der Waals surface area (Å²) in [6.45, 7) is 0.753. The third-order valence-corrected chi connectivity index (χ3v) is 2.91. The fourth-order valence-electron chi connectivity index (χ4n) is 1.53. The fourth-order valence-corrected chi connectivity index (χ4v) is 1.53. The predicted octanol–water partition coefficient (Wildman–Crippen LogP) is 0.264. The smallest absolute Gasteiger partial charge is 0.338 e. The number of nitrogens with one attached hydrogen (secondary N) is 1. The number of carbonyl (C=O) groups is 3. The van der Waals surface area contributed by atoms with E-state index >= 15 is 0 Å². The normalized spacial score (nSPS) is 9.87. The van der Waals surface area contributed by atoms with E-state index in [0.29, 0.717) is 5.56 Å². The molecule has 0 radical (unpaired) electrons. The van der Waals surface area contributed by atoms with Crippen molar-refractivity contribution in [1.29, 1.82) is 0 Å². The maximum Gasteiger partial charge on any atom is 0.338 e. The van der Waals surface area contributed by atoms with Crippen molar-refractivity contribution in [1.82, 2.24) is 10.2 Å². The van der Waals surface area contributed by atoms with Gasteiger partial charge >= 0.3 is 5.97 Å². The Bertz CT molecular complexity index is 641. The molecule has 1 rings (SSSR count). The number of aryl methyl sites for hydroxylation is 1. The van der Waals surface area contributed by atoms with Gasteiger partial charge < -0.3 is 15.0 Å². The summed E-state index contributed by atoms with van der Waals surface area (Å²) in [4.78, 5) is 46.0. The molecule has 0 atom stereocenters. The Labute approximate surface area is 132 Å². The standard InChI is InChI=1S/C14H17N3O6/c1-9-4-5-10(6-11(9)17(21)22)14(20)23-8-12(18)15-7-13(19)16(2)3/h4-6H,7-8H2,1-3H3,(H,15,18). The Morgan fingerprint density at radius 3 is 2.52 bits per heavy atom. The van der Waals surface area contributed by atoms with Gasteiger partial charge in [-0.25, -0.2) is 4.79 Å². The minimum atomic E-state index is -0.859. The first-order valence-corrected chi connectivity index (χ1v) is 6.61. The third kappa shape index (κ3) is 5.38. The number of ether oxygens (including phenoxy) is 1. The summed E-state index contributed by atoms with van der Waals surface area (Å²) >= 11 is 0. The highest BCUT2D eigenvalue weighted by Crippen LogP contribution is 2.19. The highest BCUT2D eigenvalue weighted by Gasteiger charge is 2.17. The molecular formula is C14H17N3O6. The van der Waals surface area contributed by atoms with Crippen LogP contribution in [0.2, 0.25) is 0 Å². The van der Waals surface area contributed by atoms with Crippen LogP contribution in [-0.2, 0) is 14.3 Å². The summed E-state index contributed by atoms with van der Waals surface area (Å²) in [6.07, 6.45) is 0. The van der Waals surface area contributed by atoms with Crippen LogP contribution in [-0.4, -0.2) is 54.9 Å². The number of amides is 2. The van der Waals surface area contributed by atoms with Crippen molar-refractivity contribution in [3.8, 4) is 0 Å². The van der Waals surface area contributed by atoms with Crippen LogP contribution in [0.25, 0.3) is 0 Å². The molecule has 124 valence electrons. The first-order valence-electron chi connectivity index (χ1n) is 6.61. The van der Waals surface area contributed by atoms with E-state index in [-0.39, 0.29) is 23.7 Å². The largest absolute Gasteiger partial charge is 0.452 e. The summed E-state index contributed by atoms with van der Waals surface area (Å²) in [5, 5.41) is 13.1. The van der Waals surface area contributed by atoms with Crippen molar-refractivity contribution in [2.24, 2.45) is 0 Å². The molecule has 1 aromatic carbocycles. The first-order chi connectivity index (χ1) is 10.7. The van der Waals surface area contributed by atoms with E-state index in [0.717, 1.165) is 6.07 Å². The highest BCUT2D eigenvalue weighted by molar-refractivity contribution is 5.92. The monoisotopic (exact) mass is 323 g/mol. The summed E-state index contributed by atoms with van der Waals surface area (Å²) < 4.78 is 4.76. The number of rotatable bonds is 6. The number of esters is 1. The molecule has 2 amide bonds. The molecule has 1 N–H and O–H groups in total. The second-order valence-corrected chi connectivity index (χ2v) is 4.90. The molecule has 9 nitrogen and oxygen atoms in total. The van der Waals surface area contributed by atoms with Crippen LogP contribution < -0.4 is 5.32 Å². The molecule has 0 fully saturated rings. The first kappa shape index (κ1) is 18.1. The van der Waals surface area contributed by atoms with Crippen molar-refractivity contribution in [3.05, 3.63) is 39.4 Å². The van der Waals surface area contributed by atoms with E-state index in [1.165, 1.54) is 17.0 Å². The average Bonchev–Trinajstić information content (AvgIpc) is 2.50. The maximum atomic E-state index is 11.8. The van der Waals surface area contributed by atoms with E-state index in [9.17, 15) is 24.5 Å². The van der Waals surface area contributed by atoms with Crippen LogP contribution in [0.3, 0.4) is 0 Å². The van der Waals surface area contributed by atoms with Gasteiger partial charge in [-0.15, -0.1) is 0 Å². The lowest BCUT2D eigenvalue weighted by atomic mass is 10.1. The predicted molar refractivity (Wildman–Crippen MR) is 79.8 cm³/mol. The second kappa shape index (κ2) is 7.87. The number of nitrogens with zero attached hydrogens (tertiary/aromatic N) is 2. The van der Waals surface area contributed by atoms with Crippen molar-refractivity contribution >= 4 is 23.5 Å². The van der Waals surface area contributed by atoms with Crippen LogP contribution in [0.5, 0.6) is 0 Å². The minimum absolute atomic E-state index is 0.0283. The van der Waals surface area contributed by atoms with E-state index in [1.54, 1.807) is 21.0 Å². The van der Waals surface area contributed by atoms with E-state index in [4.69, 9.17) is 4.74 Å². The number of likely N-dealkylation sites (N-methyl/N-ethyl adjacent to an activating group) is 1. The van der Waals surface area contributed by atoms with Gasteiger partial charge in [-0.3, -0.25) is 19.7 Å². The lowest BCUT2D eigenvalue weighted by Crippen LogP contribution is -2.38. The molecule has 1 aromatic rings. The third-order valence-electron chi connectivity index (χ3n) is 2.91. The van der Waals surface area contributed by atoms with Gasteiger partial charge in [0, 0.05) is 25.7 Å². The number of hydrogen-bond acceptors (Lipinski definition) is 6. The van der Waals surface area contributed by atoms with E-state index < -0.39 is 23.4 Å². The highest BCUT2D eigenvalue weighted by atomic mass is 16.6. The van der Waals surface area contributed by atoms with Crippen molar-refractivity contribution in [2.45, 2.75) is 6.92 Å². The zero-order valence-corrected chi connectivity index (χ0v) is 13.0. The second-order valence-electron chi connectivity index (χ2n) is 4.90. The SMILES string of the molecule is Cc1ccc(C(=O)OCC(=O)NCC(=O)N(C)C)cc1[N+](=O)[O-]. The van der Waals surface area contributed by atoms with Gasteiger partial charge in [0.05, 0.1) is 17.0 Å². The van der Waals surface area contributed by atoms with Gasteiger partial charge in [0.2, 0.25) is 5.91 Å². The lowest BCUT2D eigenvalue weighted by molar-refractivity contribution is -0.385. The number of carbonyl (C=O) groups excluding carboxylic acids is 3. The topological polar surface area (TPSA) is 119 Å². The van der Waals surface area contributed by atoms with Gasteiger partial charge in [-0.05, 0) is 13.0 Å². The zero-order valence-electron chi connectivity index (χ0n) is 13.0. The quantitative estimate of drug-likeness (QED) is 0.456. The van der Waals surface area contributed by atoms with Crippen LogP contribution in [0.15, 0.2) is 18.2 Å². The van der Waals surface area contributed by atoms with Gasteiger partial charge in [-0.2, -0.15) is 0 Å². The summed E-state index contributed by atoms with van der Waals surface area (Å²) in [5.74, 6) is -1.81.